The monoisotopic (exact) mass is 365 g/mol. The highest BCUT2D eigenvalue weighted by atomic mass is 16.5. The summed E-state index contributed by atoms with van der Waals surface area (Å²) in [5.74, 6) is 2.58. The molecule has 3 aromatic rings. The molecule has 8 heteroatoms. The van der Waals surface area contributed by atoms with Gasteiger partial charge in [-0.2, -0.15) is 0 Å². The summed E-state index contributed by atoms with van der Waals surface area (Å²) in [4.78, 5) is 13.9. The Balaban J connectivity index is 1.50. The Morgan fingerprint density at radius 1 is 1.11 bits per heavy atom. The van der Waals surface area contributed by atoms with Crippen LogP contribution in [0.2, 0.25) is 0 Å². The molecule has 0 saturated carbocycles. The van der Waals surface area contributed by atoms with E-state index in [2.05, 4.69) is 46.7 Å². The molecule has 0 aromatic carbocycles. The molecule has 0 amide bonds. The predicted molar refractivity (Wildman–Crippen MR) is 99.4 cm³/mol. The van der Waals surface area contributed by atoms with E-state index in [1.807, 2.05) is 18.6 Å². The van der Waals surface area contributed by atoms with Gasteiger partial charge in [0.2, 0.25) is 0 Å². The minimum atomic E-state index is 0.259. The molecule has 27 heavy (non-hydrogen) atoms. The van der Waals surface area contributed by atoms with Crippen molar-refractivity contribution < 1.29 is 4.74 Å². The van der Waals surface area contributed by atoms with Crippen LogP contribution in [-0.4, -0.2) is 49.5 Å². The number of nitrogens with zero attached hydrogens (tertiary/aromatic N) is 6. The van der Waals surface area contributed by atoms with Crippen LogP contribution in [0.3, 0.4) is 0 Å². The van der Waals surface area contributed by atoms with Gasteiger partial charge in [-0.1, -0.05) is 0 Å². The number of hydrogen-bond donors (Lipinski definition) is 1. The number of ether oxygens (including phenoxy) is 1. The molecule has 0 spiro atoms. The highest BCUT2D eigenvalue weighted by Crippen LogP contribution is 2.33. The van der Waals surface area contributed by atoms with Gasteiger partial charge in [0.25, 0.3) is 0 Å². The Hall–Kier alpha value is -2.74. The van der Waals surface area contributed by atoms with Crippen molar-refractivity contribution in [2.45, 2.75) is 37.8 Å². The summed E-state index contributed by atoms with van der Waals surface area (Å²) in [5, 5.41) is 9.20. The van der Waals surface area contributed by atoms with Crippen LogP contribution in [0.1, 0.15) is 42.1 Å². The topological polar surface area (TPSA) is 84.8 Å². The molecule has 0 aliphatic carbocycles. The lowest BCUT2D eigenvalue weighted by Crippen LogP contribution is -2.39. The molecule has 0 radical (unpaired) electrons. The van der Waals surface area contributed by atoms with Crippen molar-refractivity contribution in [1.29, 1.82) is 0 Å². The van der Waals surface area contributed by atoms with Crippen molar-refractivity contribution >= 4 is 5.69 Å². The fourth-order valence-corrected chi connectivity index (χ4v) is 4.21. The molecule has 5 heterocycles. The van der Waals surface area contributed by atoms with Gasteiger partial charge < -0.3 is 19.2 Å². The first-order chi connectivity index (χ1) is 13.4. The molecule has 1 saturated heterocycles. The average Bonchev–Trinajstić information content (AvgIpc) is 3.39. The molecule has 2 aliphatic rings. The van der Waals surface area contributed by atoms with Crippen LogP contribution in [0.25, 0.3) is 0 Å². The van der Waals surface area contributed by atoms with Gasteiger partial charge >= 0.3 is 0 Å². The summed E-state index contributed by atoms with van der Waals surface area (Å²) in [6.07, 6.45) is 10.2. The standard InChI is InChI=1S/C19H23N7O/c1-5-20-6-2-16(1)25-11-17(9-15-10-21-13-22-15)26-18(12-25)23-24-19(26)14-3-7-27-8-4-14/h1-2,5-6,10,13-14,17H,3-4,7-9,11-12H2,(H,21,22)/t17-/m1/s1. The fraction of sp³-hybridized carbons (Fsp3) is 0.474. The van der Waals surface area contributed by atoms with E-state index in [0.717, 1.165) is 62.9 Å². The van der Waals surface area contributed by atoms with Gasteiger partial charge in [-0.3, -0.25) is 4.98 Å². The summed E-state index contributed by atoms with van der Waals surface area (Å²) < 4.78 is 7.93. The van der Waals surface area contributed by atoms with Crippen molar-refractivity contribution in [2.75, 3.05) is 24.7 Å². The Labute approximate surface area is 157 Å². The summed E-state index contributed by atoms with van der Waals surface area (Å²) >= 11 is 0. The van der Waals surface area contributed by atoms with Gasteiger partial charge in [-0.05, 0) is 25.0 Å². The number of nitrogens with one attached hydrogen (secondary N) is 1. The number of aromatic nitrogens is 6. The van der Waals surface area contributed by atoms with Crippen LogP contribution in [0.4, 0.5) is 5.69 Å². The van der Waals surface area contributed by atoms with E-state index in [1.54, 1.807) is 6.33 Å². The molecular weight excluding hydrogens is 342 g/mol. The number of imidazole rings is 1. The van der Waals surface area contributed by atoms with Crippen LogP contribution < -0.4 is 4.90 Å². The summed E-state index contributed by atoms with van der Waals surface area (Å²) in [6.45, 7) is 3.28. The predicted octanol–water partition coefficient (Wildman–Crippen LogP) is 2.09. The number of anilines is 1. The molecule has 1 fully saturated rings. The summed E-state index contributed by atoms with van der Waals surface area (Å²) in [7, 11) is 0. The fourth-order valence-electron chi connectivity index (χ4n) is 4.21. The first kappa shape index (κ1) is 16.4. The second-order valence-electron chi connectivity index (χ2n) is 7.25. The largest absolute Gasteiger partial charge is 0.381 e. The van der Waals surface area contributed by atoms with E-state index in [0.29, 0.717) is 5.92 Å². The number of pyridine rings is 1. The third-order valence-electron chi connectivity index (χ3n) is 5.55. The highest BCUT2D eigenvalue weighted by Gasteiger charge is 2.33. The van der Waals surface area contributed by atoms with Crippen molar-refractivity contribution in [3.63, 3.8) is 0 Å². The Morgan fingerprint density at radius 3 is 2.74 bits per heavy atom. The maximum Gasteiger partial charge on any atom is 0.152 e. The Bertz CT molecular complexity index is 871. The van der Waals surface area contributed by atoms with E-state index in [9.17, 15) is 0 Å². The van der Waals surface area contributed by atoms with Crippen molar-refractivity contribution in [3.05, 3.63) is 54.4 Å². The molecule has 3 aromatic heterocycles. The zero-order valence-corrected chi connectivity index (χ0v) is 15.2. The number of fused-ring (bicyclic) bond motifs is 1. The molecule has 2 aliphatic heterocycles. The molecule has 0 unspecified atom stereocenters. The summed E-state index contributed by atoms with van der Waals surface area (Å²) in [5.41, 5.74) is 2.30. The minimum Gasteiger partial charge on any atom is -0.381 e. The van der Waals surface area contributed by atoms with Gasteiger partial charge in [0.1, 0.15) is 5.82 Å². The molecule has 8 nitrogen and oxygen atoms in total. The molecular formula is C19H23N7O. The third-order valence-corrected chi connectivity index (χ3v) is 5.55. The van der Waals surface area contributed by atoms with Gasteiger partial charge in [0.15, 0.2) is 5.82 Å². The van der Waals surface area contributed by atoms with Crippen LogP contribution in [0.15, 0.2) is 37.1 Å². The van der Waals surface area contributed by atoms with Crippen LogP contribution in [0.5, 0.6) is 0 Å². The van der Waals surface area contributed by atoms with E-state index in [1.165, 1.54) is 5.69 Å². The van der Waals surface area contributed by atoms with E-state index in [4.69, 9.17) is 4.74 Å². The first-order valence-electron chi connectivity index (χ1n) is 9.52. The van der Waals surface area contributed by atoms with Crippen LogP contribution >= 0.6 is 0 Å². The molecule has 140 valence electrons. The lowest BCUT2D eigenvalue weighted by Gasteiger charge is -2.36. The van der Waals surface area contributed by atoms with Gasteiger partial charge in [-0.25, -0.2) is 4.98 Å². The SMILES string of the molecule is c1cc(N2Cc3nnc(C4CCOCC4)n3[C@H](Cc3cnc[nH]3)C2)ccn1. The van der Waals surface area contributed by atoms with Crippen LogP contribution in [0, 0.1) is 0 Å². The number of aromatic amines is 1. The normalized spacial score (nSPS) is 20.6. The molecule has 1 N–H and O–H groups in total. The maximum absolute atomic E-state index is 5.54. The minimum absolute atomic E-state index is 0.259. The average molecular weight is 365 g/mol. The first-order valence-corrected chi connectivity index (χ1v) is 9.52. The zero-order chi connectivity index (χ0) is 18.1. The number of hydrogen-bond acceptors (Lipinski definition) is 6. The van der Waals surface area contributed by atoms with E-state index in [-0.39, 0.29) is 6.04 Å². The van der Waals surface area contributed by atoms with Crippen LogP contribution in [-0.2, 0) is 17.7 Å². The van der Waals surface area contributed by atoms with Gasteiger partial charge in [0.05, 0.1) is 18.9 Å². The van der Waals surface area contributed by atoms with Gasteiger partial charge in [0, 0.05) is 62.1 Å². The third kappa shape index (κ3) is 3.21. The lowest BCUT2D eigenvalue weighted by molar-refractivity contribution is 0.0822. The molecule has 1 atom stereocenters. The van der Waals surface area contributed by atoms with Crippen molar-refractivity contribution in [1.82, 2.24) is 29.7 Å². The van der Waals surface area contributed by atoms with Gasteiger partial charge in [-0.15, -0.1) is 10.2 Å². The van der Waals surface area contributed by atoms with E-state index >= 15 is 0 Å². The number of rotatable bonds is 4. The highest BCUT2D eigenvalue weighted by molar-refractivity contribution is 5.45. The van der Waals surface area contributed by atoms with Crippen molar-refractivity contribution in [2.24, 2.45) is 0 Å². The quantitative estimate of drug-likeness (QED) is 0.762. The second-order valence-corrected chi connectivity index (χ2v) is 7.25. The maximum atomic E-state index is 5.54. The smallest absolute Gasteiger partial charge is 0.152 e. The Kier molecular flexibility index (Phi) is 4.33. The molecule has 5 rings (SSSR count). The molecule has 0 bridgehead atoms. The number of H-pyrrole nitrogens is 1. The zero-order valence-electron chi connectivity index (χ0n) is 15.2. The van der Waals surface area contributed by atoms with E-state index < -0.39 is 0 Å². The Morgan fingerprint density at radius 2 is 1.96 bits per heavy atom. The second kappa shape index (κ2) is 7.11. The lowest BCUT2D eigenvalue weighted by atomic mass is 9.98. The van der Waals surface area contributed by atoms with Crippen molar-refractivity contribution in [3.8, 4) is 0 Å². The summed E-state index contributed by atoms with van der Waals surface area (Å²) in [6, 6.07) is 4.37.